The van der Waals surface area contributed by atoms with Gasteiger partial charge >= 0.3 is 0 Å². The Morgan fingerprint density at radius 3 is 2.31 bits per heavy atom. The van der Waals surface area contributed by atoms with Gasteiger partial charge in [0.1, 0.15) is 5.75 Å². The maximum Gasteiger partial charge on any atom is 0.277 e. The summed E-state index contributed by atoms with van der Waals surface area (Å²) in [5, 5.41) is 6.10. The van der Waals surface area contributed by atoms with Gasteiger partial charge in [-0.3, -0.25) is 4.79 Å². The summed E-state index contributed by atoms with van der Waals surface area (Å²) in [7, 11) is 0. The molecule has 158 valence electrons. The van der Waals surface area contributed by atoms with E-state index < -0.39 is 0 Å². The van der Waals surface area contributed by atoms with Crippen molar-refractivity contribution in [1.82, 2.24) is 5.43 Å². The topological polar surface area (TPSA) is 50.7 Å². The van der Waals surface area contributed by atoms with Crippen LogP contribution < -0.4 is 10.2 Å². The molecule has 0 radical (unpaired) electrons. The summed E-state index contributed by atoms with van der Waals surface area (Å²) in [6, 6.07) is 8.06. The molecule has 7 heteroatoms. The van der Waals surface area contributed by atoms with Crippen LogP contribution in [-0.4, -0.2) is 18.2 Å². The van der Waals surface area contributed by atoms with E-state index in [2.05, 4.69) is 89.1 Å². The van der Waals surface area contributed by atoms with Crippen molar-refractivity contribution < 1.29 is 9.53 Å². The van der Waals surface area contributed by atoms with Crippen molar-refractivity contribution in [3.05, 3.63) is 49.0 Å². The normalized spacial score (nSPS) is 12.8. The first-order valence-electron chi connectivity index (χ1n) is 9.38. The minimum absolute atomic E-state index is 0.00717. The Morgan fingerprint density at radius 1 is 1.17 bits per heavy atom. The maximum atomic E-state index is 12.1. The molecule has 2 rings (SSSR count). The lowest BCUT2D eigenvalue weighted by Crippen LogP contribution is -2.26. The fourth-order valence-electron chi connectivity index (χ4n) is 3.37. The molecule has 1 aromatic carbocycles. The van der Waals surface area contributed by atoms with Crippen LogP contribution in [0.5, 0.6) is 5.75 Å². The summed E-state index contributed by atoms with van der Waals surface area (Å²) in [5.74, 6) is 0.297. The van der Waals surface area contributed by atoms with Gasteiger partial charge in [-0.1, -0.05) is 40.7 Å². The van der Waals surface area contributed by atoms with E-state index >= 15 is 0 Å². The van der Waals surface area contributed by atoms with Gasteiger partial charge in [-0.2, -0.15) is 5.10 Å². The van der Waals surface area contributed by atoms with Gasteiger partial charge in [0.25, 0.3) is 5.91 Å². The van der Waals surface area contributed by atoms with E-state index in [0.29, 0.717) is 5.75 Å². The zero-order chi connectivity index (χ0) is 21.8. The van der Waals surface area contributed by atoms with E-state index in [9.17, 15) is 4.79 Å². The van der Waals surface area contributed by atoms with Crippen LogP contribution in [0.2, 0.25) is 0 Å². The summed E-state index contributed by atoms with van der Waals surface area (Å²) in [6.45, 7) is 13.0. The average Bonchev–Trinajstić information content (AvgIpc) is 3.11. The summed E-state index contributed by atoms with van der Waals surface area (Å²) >= 11 is 8.77. The molecule has 29 heavy (non-hydrogen) atoms. The number of carbonyl (C=O) groups excluding carboxylic acids is 1. The maximum absolute atomic E-state index is 12.1. The molecule has 0 unspecified atom stereocenters. The molecule has 1 aromatic heterocycles. The van der Waals surface area contributed by atoms with E-state index in [4.69, 9.17) is 4.74 Å². The van der Waals surface area contributed by atoms with Gasteiger partial charge in [0.05, 0.1) is 14.7 Å². The van der Waals surface area contributed by atoms with Crippen LogP contribution in [0.1, 0.15) is 58.4 Å². The Balaban J connectivity index is 2.04. The molecule has 1 N–H and O–H groups in total. The van der Waals surface area contributed by atoms with Crippen LogP contribution in [-0.2, 0) is 10.2 Å². The standard InChI is InChI=1S/C22H28Br2N2O2S/c1-14(18-8-7-9-29-18)25-26-19(27)12-28-20-16(23)10-15(11-17(20)24)22(5,6)13-21(2,3)4/h7-11H,12-13H2,1-6H3,(H,26,27)/b25-14+. The predicted octanol–water partition coefficient (Wildman–Crippen LogP) is 6.91. The predicted molar refractivity (Wildman–Crippen MR) is 129 cm³/mol. The van der Waals surface area contributed by atoms with Gasteiger partial charge in [-0.05, 0) is 85.2 Å². The molecular formula is C22H28Br2N2O2S. The smallest absolute Gasteiger partial charge is 0.277 e. The van der Waals surface area contributed by atoms with E-state index in [1.54, 1.807) is 11.3 Å². The second-order valence-corrected chi connectivity index (χ2v) is 11.5. The second-order valence-electron chi connectivity index (χ2n) is 8.89. The molecule has 0 saturated heterocycles. The van der Waals surface area contributed by atoms with Crippen LogP contribution >= 0.6 is 43.2 Å². The average molecular weight is 544 g/mol. The zero-order valence-electron chi connectivity index (χ0n) is 17.7. The van der Waals surface area contributed by atoms with Crippen molar-refractivity contribution in [3.63, 3.8) is 0 Å². The molecular weight excluding hydrogens is 516 g/mol. The van der Waals surface area contributed by atoms with Crippen LogP contribution in [0.4, 0.5) is 0 Å². The lowest BCUT2D eigenvalue weighted by molar-refractivity contribution is -0.123. The van der Waals surface area contributed by atoms with Crippen molar-refractivity contribution in [2.45, 2.75) is 53.4 Å². The number of nitrogens with one attached hydrogen (secondary N) is 1. The van der Waals surface area contributed by atoms with Crippen molar-refractivity contribution in [2.24, 2.45) is 10.5 Å². The van der Waals surface area contributed by atoms with Gasteiger partial charge in [0, 0.05) is 4.88 Å². The number of nitrogens with zero attached hydrogens (tertiary/aromatic N) is 1. The van der Waals surface area contributed by atoms with Crippen molar-refractivity contribution in [3.8, 4) is 5.75 Å². The quantitative estimate of drug-likeness (QED) is 0.305. The highest BCUT2D eigenvalue weighted by molar-refractivity contribution is 9.11. The minimum atomic E-state index is -0.308. The van der Waals surface area contributed by atoms with Crippen molar-refractivity contribution in [1.29, 1.82) is 0 Å². The molecule has 0 aliphatic carbocycles. The molecule has 1 amide bonds. The highest BCUT2D eigenvalue weighted by Crippen LogP contribution is 2.42. The first-order valence-corrected chi connectivity index (χ1v) is 11.8. The Kier molecular flexibility index (Phi) is 8.10. The largest absolute Gasteiger partial charge is 0.481 e. The number of benzene rings is 1. The first-order chi connectivity index (χ1) is 13.4. The lowest BCUT2D eigenvalue weighted by atomic mass is 9.72. The molecule has 0 atom stereocenters. The first kappa shape index (κ1) is 24.1. The lowest BCUT2D eigenvalue weighted by Gasteiger charge is -2.33. The van der Waals surface area contributed by atoms with Crippen LogP contribution in [0, 0.1) is 5.41 Å². The van der Waals surface area contributed by atoms with E-state index in [1.807, 2.05) is 24.4 Å². The summed E-state index contributed by atoms with van der Waals surface area (Å²) in [4.78, 5) is 13.1. The number of hydrogen-bond donors (Lipinski definition) is 1. The van der Waals surface area contributed by atoms with Gasteiger partial charge < -0.3 is 4.74 Å². The number of thiophene rings is 1. The van der Waals surface area contributed by atoms with Crippen molar-refractivity contribution in [2.75, 3.05) is 6.61 Å². The number of halogens is 2. The molecule has 4 nitrogen and oxygen atoms in total. The SMILES string of the molecule is C/C(=N\NC(=O)COc1c(Br)cc(C(C)(C)CC(C)(C)C)cc1Br)c1cccs1. The number of carbonyl (C=O) groups is 1. The highest BCUT2D eigenvalue weighted by atomic mass is 79.9. The summed E-state index contributed by atoms with van der Waals surface area (Å²) in [5.41, 5.74) is 4.74. The molecule has 0 spiro atoms. The number of hydrogen-bond acceptors (Lipinski definition) is 4. The molecule has 0 aliphatic heterocycles. The third-order valence-electron chi connectivity index (χ3n) is 4.33. The van der Waals surface area contributed by atoms with Gasteiger partial charge in [-0.15, -0.1) is 11.3 Å². The minimum Gasteiger partial charge on any atom is -0.481 e. The Labute approximate surface area is 194 Å². The Hall–Kier alpha value is -1.18. The van der Waals surface area contributed by atoms with Gasteiger partial charge in [-0.25, -0.2) is 5.43 Å². The second kappa shape index (κ2) is 9.75. The Bertz CT molecular complexity index is 862. The van der Waals surface area contributed by atoms with E-state index in [-0.39, 0.29) is 23.3 Å². The fourth-order valence-corrected chi connectivity index (χ4v) is 5.46. The van der Waals surface area contributed by atoms with Crippen LogP contribution in [0.25, 0.3) is 0 Å². The molecule has 0 aliphatic rings. The van der Waals surface area contributed by atoms with E-state index in [1.165, 1.54) is 5.56 Å². The van der Waals surface area contributed by atoms with Crippen LogP contribution in [0.15, 0.2) is 43.7 Å². The molecule has 2 aromatic rings. The summed E-state index contributed by atoms with van der Waals surface area (Å²) in [6.07, 6.45) is 1.04. The third kappa shape index (κ3) is 7.23. The third-order valence-corrected chi connectivity index (χ3v) is 6.48. The van der Waals surface area contributed by atoms with E-state index in [0.717, 1.165) is 26.0 Å². The Morgan fingerprint density at radius 2 is 1.79 bits per heavy atom. The van der Waals surface area contributed by atoms with Gasteiger partial charge in [0.2, 0.25) is 0 Å². The number of amides is 1. The fraction of sp³-hybridized carbons (Fsp3) is 0.455. The number of rotatable bonds is 7. The summed E-state index contributed by atoms with van der Waals surface area (Å²) < 4.78 is 7.38. The molecule has 0 saturated carbocycles. The zero-order valence-corrected chi connectivity index (χ0v) is 21.7. The molecule has 0 bridgehead atoms. The van der Waals surface area contributed by atoms with Crippen LogP contribution in [0.3, 0.4) is 0 Å². The monoisotopic (exact) mass is 542 g/mol. The van der Waals surface area contributed by atoms with Crippen molar-refractivity contribution >= 4 is 54.8 Å². The number of ether oxygens (including phenoxy) is 1. The van der Waals surface area contributed by atoms with Gasteiger partial charge in [0.15, 0.2) is 6.61 Å². The molecule has 0 fully saturated rings. The highest BCUT2D eigenvalue weighted by Gasteiger charge is 2.28. The molecule has 1 heterocycles. The number of hydrazone groups is 1.